The highest BCUT2D eigenvalue weighted by Gasteiger charge is 2.31. The molecule has 0 aromatic carbocycles. The molecule has 1 aliphatic carbocycles. The monoisotopic (exact) mass is 265 g/mol. The highest BCUT2D eigenvalue weighted by molar-refractivity contribution is 5.79. The number of piperidine rings is 1. The molecular formula is C15H27N3O. The van der Waals surface area contributed by atoms with Crippen molar-refractivity contribution in [3.63, 3.8) is 0 Å². The Kier molecular flexibility index (Phi) is 4.38. The van der Waals surface area contributed by atoms with E-state index in [9.17, 15) is 4.79 Å². The molecule has 0 bridgehead atoms. The minimum Gasteiger partial charge on any atom is -0.352 e. The van der Waals surface area contributed by atoms with Crippen molar-refractivity contribution < 1.29 is 4.79 Å². The van der Waals surface area contributed by atoms with Gasteiger partial charge in [0, 0.05) is 31.1 Å². The fraction of sp³-hybridized carbons (Fsp3) is 0.933. The predicted octanol–water partition coefficient (Wildman–Crippen LogP) is 1.12. The molecule has 2 heterocycles. The van der Waals surface area contributed by atoms with Gasteiger partial charge >= 0.3 is 0 Å². The smallest absolute Gasteiger partial charge is 0.223 e. The Morgan fingerprint density at radius 2 is 1.79 bits per heavy atom. The van der Waals surface area contributed by atoms with Crippen molar-refractivity contribution in [3.8, 4) is 0 Å². The van der Waals surface area contributed by atoms with Crippen LogP contribution >= 0.6 is 0 Å². The summed E-state index contributed by atoms with van der Waals surface area (Å²) >= 11 is 0. The minimum absolute atomic E-state index is 0.252. The summed E-state index contributed by atoms with van der Waals surface area (Å²) in [7, 11) is 0. The van der Waals surface area contributed by atoms with Crippen molar-refractivity contribution in [1.29, 1.82) is 0 Å². The Morgan fingerprint density at radius 1 is 1.05 bits per heavy atom. The molecule has 2 aliphatic heterocycles. The molecule has 1 saturated carbocycles. The van der Waals surface area contributed by atoms with Gasteiger partial charge in [0.05, 0.1) is 0 Å². The fourth-order valence-electron chi connectivity index (χ4n) is 3.91. The third kappa shape index (κ3) is 3.29. The summed E-state index contributed by atoms with van der Waals surface area (Å²) in [5, 5.41) is 6.61. The number of rotatable bonds is 3. The van der Waals surface area contributed by atoms with E-state index >= 15 is 0 Å². The zero-order chi connectivity index (χ0) is 13.1. The van der Waals surface area contributed by atoms with Crippen LogP contribution in [0.1, 0.15) is 44.9 Å². The highest BCUT2D eigenvalue weighted by Crippen LogP contribution is 2.26. The number of likely N-dealkylation sites (tertiary alicyclic amines) is 1. The summed E-state index contributed by atoms with van der Waals surface area (Å²) in [6.45, 7) is 4.26. The van der Waals surface area contributed by atoms with Crippen LogP contribution < -0.4 is 10.6 Å². The van der Waals surface area contributed by atoms with Gasteiger partial charge in [-0.1, -0.05) is 12.8 Å². The van der Waals surface area contributed by atoms with Gasteiger partial charge in [-0.05, 0) is 45.2 Å². The molecule has 1 amide bonds. The van der Waals surface area contributed by atoms with E-state index in [0.717, 1.165) is 44.9 Å². The standard InChI is InChI=1S/C15H27N3O/c19-15(12-5-8-16-9-6-12)17-13-7-10-18(11-13)14-3-1-2-4-14/h12-14,16H,1-11H2,(H,17,19). The van der Waals surface area contributed by atoms with Crippen LogP contribution in [0.5, 0.6) is 0 Å². The van der Waals surface area contributed by atoms with Gasteiger partial charge in [-0.3, -0.25) is 9.69 Å². The quantitative estimate of drug-likeness (QED) is 0.804. The van der Waals surface area contributed by atoms with Gasteiger partial charge in [-0.2, -0.15) is 0 Å². The molecule has 0 aromatic rings. The molecule has 0 spiro atoms. The zero-order valence-electron chi connectivity index (χ0n) is 11.9. The maximum absolute atomic E-state index is 12.2. The normalized spacial score (nSPS) is 30.8. The van der Waals surface area contributed by atoms with Gasteiger partial charge < -0.3 is 10.6 Å². The number of hydrogen-bond donors (Lipinski definition) is 2. The summed E-state index contributed by atoms with van der Waals surface area (Å²) in [4.78, 5) is 14.8. The number of carbonyl (C=O) groups excluding carboxylic acids is 1. The van der Waals surface area contributed by atoms with E-state index in [1.54, 1.807) is 0 Å². The Labute approximate surface area is 116 Å². The van der Waals surface area contributed by atoms with Crippen molar-refractivity contribution in [2.24, 2.45) is 5.92 Å². The lowest BCUT2D eigenvalue weighted by atomic mass is 9.97. The van der Waals surface area contributed by atoms with E-state index < -0.39 is 0 Å². The molecule has 19 heavy (non-hydrogen) atoms. The van der Waals surface area contributed by atoms with E-state index in [4.69, 9.17) is 0 Å². The predicted molar refractivity (Wildman–Crippen MR) is 76.0 cm³/mol. The lowest BCUT2D eigenvalue weighted by Crippen LogP contribution is -2.44. The van der Waals surface area contributed by atoms with Crippen molar-refractivity contribution in [2.75, 3.05) is 26.2 Å². The van der Waals surface area contributed by atoms with Crippen LogP contribution in [0.3, 0.4) is 0 Å². The third-order valence-electron chi connectivity index (χ3n) is 5.12. The van der Waals surface area contributed by atoms with Crippen molar-refractivity contribution in [1.82, 2.24) is 15.5 Å². The van der Waals surface area contributed by atoms with Crippen LogP contribution in [0.2, 0.25) is 0 Å². The van der Waals surface area contributed by atoms with Crippen LogP contribution in [-0.2, 0) is 4.79 Å². The van der Waals surface area contributed by atoms with E-state index in [1.165, 1.54) is 32.2 Å². The second-order valence-corrected chi connectivity index (χ2v) is 6.45. The lowest BCUT2D eigenvalue weighted by Gasteiger charge is -2.25. The van der Waals surface area contributed by atoms with Crippen molar-refractivity contribution >= 4 is 5.91 Å². The first-order chi connectivity index (χ1) is 9.33. The van der Waals surface area contributed by atoms with Gasteiger partial charge in [0.2, 0.25) is 5.91 Å². The Balaban J connectivity index is 1.44. The molecule has 1 atom stereocenters. The van der Waals surface area contributed by atoms with Crippen LogP contribution in [0.25, 0.3) is 0 Å². The molecule has 1 unspecified atom stereocenters. The maximum atomic E-state index is 12.2. The molecule has 4 heteroatoms. The molecule has 3 aliphatic rings. The van der Waals surface area contributed by atoms with Crippen LogP contribution in [0.4, 0.5) is 0 Å². The zero-order valence-corrected chi connectivity index (χ0v) is 11.9. The molecular weight excluding hydrogens is 238 g/mol. The van der Waals surface area contributed by atoms with Gasteiger partial charge in [0.15, 0.2) is 0 Å². The van der Waals surface area contributed by atoms with Crippen LogP contribution in [0, 0.1) is 5.92 Å². The number of carbonyl (C=O) groups is 1. The molecule has 4 nitrogen and oxygen atoms in total. The van der Waals surface area contributed by atoms with Crippen LogP contribution in [-0.4, -0.2) is 49.1 Å². The average Bonchev–Trinajstić information content (AvgIpc) is 3.10. The summed E-state index contributed by atoms with van der Waals surface area (Å²) in [6.07, 6.45) is 8.69. The second-order valence-electron chi connectivity index (χ2n) is 6.45. The van der Waals surface area contributed by atoms with Crippen molar-refractivity contribution in [3.05, 3.63) is 0 Å². The van der Waals surface area contributed by atoms with Gasteiger partial charge in [-0.15, -0.1) is 0 Å². The van der Waals surface area contributed by atoms with Gasteiger partial charge in [0.25, 0.3) is 0 Å². The summed E-state index contributed by atoms with van der Waals surface area (Å²) in [5.74, 6) is 0.557. The Hall–Kier alpha value is -0.610. The summed E-state index contributed by atoms with van der Waals surface area (Å²) in [6, 6.07) is 1.21. The molecule has 0 aromatic heterocycles. The topological polar surface area (TPSA) is 44.4 Å². The van der Waals surface area contributed by atoms with E-state index in [0.29, 0.717) is 11.9 Å². The van der Waals surface area contributed by atoms with Crippen molar-refractivity contribution in [2.45, 2.75) is 57.0 Å². The third-order valence-corrected chi connectivity index (χ3v) is 5.12. The van der Waals surface area contributed by atoms with E-state index in [2.05, 4.69) is 15.5 Å². The summed E-state index contributed by atoms with van der Waals surface area (Å²) < 4.78 is 0. The minimum atomic E-state index is 0.252. The molecule has 2 N–H and O–H groups in total. The summed E-state index contributed by atoms with van der Waals surface area (Å²) in [5.41, 5.74) is 0. The van der Waals surface area contributed by atoms with Crippen LogP contribution in [0.15, 0.2) is 0 Å². The molecule has 3 rings (SSSR count). The van der Waals surface area contributed by atoms with Gasteiger partial charge in [0.1, 0.15) is 0 Å². The first-order valence-electron chi connectivity index (χ1n) is 8.08. The molecule has 3 fully saturated rings. The first-order valence-corrected chi connectivity index (χ1v) is 8.08. The largest absolute Gasteiger partial charge is 0.352 e. The highest BCUT2D eigenvalue weighted by atomic mass is 16.2. The first kappa shape index (κ1) is 13.4. The SMILES string of the molecule is O=C(NC1CCN(C2CCCC2)C1)C1CCNCC1. The molecule has 0 radical (unpaired) electrons. The lowest BCUT2D eigenvalue weighted by molar-refractivity contribution is -0.126. The van der Waals surface area contributed by atoms with E-state index in [1.807, 2.05) is 0 Å². The number of nitrogens with one attached hydrogen (secondary N) is 2. The molecule has 2 saturated heterocycles. The Morgan fingerprint density at radius 3 is 2.53 bits per heavy atom. The van der Waals surface area contributed by atoms with E-state index in [-0.39, 0.29) is 5.92 Å². The number of hydrogen-bond acceptors (Lipinski definition) is 3. The number of nitrogens with zero attached hydrogens (tertiary/aromatic N) is 1. The maximum Gasteiger partial charge on any atom is 0.223 e. The average molecular weight is 265 g/mol. The molecule has 108 valence electrons. The number of amides is 1. The Bertz CT molecular complexity index is 309. The van der Waals surface area contributed by atoms with Gasteiger partial charge in [-0.25, -0.2) is 0 Å². The fourth-order valence-corrected chi connectivity index (χ4v) is 3.91. The second kappa shape index (κ2) is 6.23.